The summed E-state index contributed by atoms with van der Waals surface area (Å²) in [6.45, 7) is 23.7. The Morgan fingerprint density at radius 1 is 0.574 bits per heavy atom. The Balaban J connectivity index is 0.000000186. The van der Waals surface area contributed by atoms with Gasteiger partial charge in [0.1, 0.15) is 12.0 Å². The lowest BCUT2D eigenvalue weighted by atomic mass is 9.94. The molecule has 47 heavy (non-hydrogen) atoms. The van der Waals surface area contributed by atoms with Gasteiger partial charge in [0.25, 0.3) is 0 Å². The van der Waals surface area contributed by atoms with Gasteiger partial charge in [0.15, 0.2) is 11.7 Å². The van der Waals surface area contributed by atoms with Crippen LogP contribution in [0.5, 0.6) is 0 Å². The monoisotopic (exact) mass is 656 g/mol. The normalized spacial score (nSPS) is 19.3. The van der Waals surface area contributed by atoms with Crippen LogP contribution in [0.3, 0.4) is 0 Å². The first-order chi connectivity index (χ1) is 22.5. The predicted molar refractivity (Wildman–Crippen MR) is 189 cm³/mol. The first-order valence-corrected chi connectivity index (χ1v) is 18.3. The van der Waals surface area contributed by atoms with E-state index >= 15 is 0 Å². The first-order valence-electron chi connectivity index (χ1n) is 18.3. The molecule has 3 aliphatic rings. The zero-order valence-corrected chi connectivity index (χ0v) is 31.5. The molecule has 6 heterocycles. The van der Waals surface area contributed by atoms with Crippen LogP contribution in [0.1, 0.15) is 164 Å². The summed E-state index contributed by atoms with van der Waals surface area (Å²) in [6, 6.07) is 2.14. The van der Waals surface area contributed by atoms with Crippen molar-refractivity contribution in [3.8, 4) is 0 Å². The highest BCUT2D eigenvalue weighted by Crippen LogP contribution is 2.30. The van der Waals surface area contributed by atoms with Crippen LogP contribution in [0.15, 0.2) is 25.8 Å². The van der Waals surface area contributed by atoms with E-state index in [0.717, 1.165) is 73.8 Å². The van der Waals surface area contributed by atoms with Gasteiger partial charge in [0.05, 0.1) is 11.4 Å². The van der Waals surface area contributed by atoms with Gasteiger partial charge in [-0.05, 0) is 111 Å². The molecule has 10 heteroatoms. The molecule has 0 unspecified atom stereocenters. The average Bonchev–Trinajstić information content (AvgIpc) is 3.86. The van der Waals surface area contributed by atoms with Crippen LogP contribution >= 0.6 is 0 Å². The second kappa shape index (κ2) is 19.4. The van der Waals surface area contributed by atoms with Crippen molar-refractivity contribution in [2.45, 2.75) is 129 Å². The quantitative estimate of drug-likeness (QED) is 0.258. The van der Waals surface area contributed by atoms with Gasteiger partial charge in [-0.25, -0.2) is 4.98 Å². The molecule has 266 valence electrons. The van der Waals surface area contributed by atoms with Crippen molar-refractivity contribution in [2.24, 2.45) is 0 Å². The molecule has 3 aromatic rings. The lowest BCUT2D eigenvalue weighted by Crippen LogP contribution is -2.29. The van der Waals surface area contributed by atoms with Gasteiger partial charge in [0.2, 0.25) is 5.89 Å². The number of nitrogens with zero attached hydrogens (tertiary/aromatic N) is 7. The first kappa shape index (κ1) is 38.9. The molecule has 3 saturated heterocycles. The van der Waals surface area contributed by atoms with E-state index in [0.29, 0.717) is 35.5 Å². The summed E-state index contributed by atoms with van der Waals surface area (Å²) >= 11 is 0. The number of likely N-dealkylation sites (tertiary alicyclic amines) is 3. The van der Waals surface area contributed by atoms with Crippen LogP contribution in [0.2, 0.25) is 0 Å². The maximum Gasteiger partial charge on any atom is 0.229 e. The zero-order valence-electron chi connectivity index (χ0n) is 31.5. The summed E-state index contributed by atoms with van der Waals surface area (Å²) in [5.74, 6) is 6.60. The highest BCUT2D eigenvalue weighted by molar-refractivity contribution is 5.13. The molecule has 3 fully saturated rings. The lowest BCUT2D eigenvalue weighted by Gasteiger charge is -2.27. The minimum Gasteiger partial charge on any atom is -0.448 e. The van der Waals surface area contributed by atoms with Crippen LogP contribution < -0.4 is 0 Å². The second-order valence-corrected chi connectivity index (χ2v) is 14.5. The lowest BCUT2D eigenvalue weighted by molar-refractivity contribution is 0.227. The highest BCUT2D eigenvalue weighted by Gasteiger charge is 2.25. The molecular weight excluding hydrogens is 590 g/mol. The van der Waals surface area contributed by atoms with E-state index in [9.17, 15) is 0 Å². The van der Waals surface area contributed by atoms with Crippen molar-refractivity contribution in [3.05, 3.63) is 47.1 Å². The van der Waals surface area contributed by atoms with E-state index in [4.69, 9.17) is 13.5 Å². The molecule has 0 amide bonds. The van der Waals surface area contributed by atoms with Crippen molar-refractivity contribution in [1.82, 2.24) is 35.0 Å². The largest absolute Gasteiger partial charge is 0.448 e. The number of aromatic nitrogens is 4. The highest BCUT2D eigenvalue weighted by atomic mass is 16.5. The van der Waals surface area contributed by atoms with Gasteiger partial charge < -0.3 is 28.2 Å². The van der Waals surface area contributed by atoms with E-state index in [2.05, 4.69) is 104 Å². The molecule has 0 N–H and O–H groups in total. The smallest absolute Gasteiger partial charge is 0.229 e. The number of oxazole rings is 1. The summed E-state index contributed by atoms with van der Waals surface area (Å²) in [7, 11) is 6.51. The van der Waals surface area contributed by atoms with E-state index < -0.39 is 0 Å². The molecule has 0 radical (unpaired) electrons. The SMILES string of the molecule is CC.CC(C)c1cc(C2CCN(C)CC2)on1.CC(C)c1coc(C2CCN(C)CC2)n1.CC(C)c1noc(C2CCN(C)CC2)n1. The van der Waals surface area contributed by atoms with Crippen LogP contribution in [-0.2, 0) is 0 Å². The molecule has 6 rings (SSSR count). The molecule has 3 aliphatic heterocycles. The van der Waals surface area contributed by atoms with Gasteiger partial charge in [-0.3, -0.25) is 0 Å². The minimum absolute atomic E-state index is 0.355. The summed E-state index contributed by atoms with van der Waals surface area (Å²) in [5.41, 5.74) is 2.17. The van der Waals surface area contributed by atoms with Crippen molar-refractivity contribution >= 4 is 0 Å². The average molecular weight is 656 g/mol. The number of rotatable bonds is 6. The number of hydrogen-bond acceptors (Lipinski definition) is 10. The van der Waals surface area contributed by atoms with Crippen molar-refractivity contribution in [2.75, 3.05) is 60.4 Å². The van der Waals surface area contributed by atoms with Crippen molar-refractivity contribution in [3.63, 3.8) is 0 Å². The van der Waals surface area contributed by atoms with Crippen LogP contribution in [-0.4, -0.2) is 95.4 Å². The van der Waals surface area contributed by atoms with Gasteiger partial charge >= 0.3 is 0 Å². The second-order valence-electron chi connectivity index (χ2n) is 14.5. The summed E-state index contributed by atoms with van der Waals surface area (Å²) in [4.78, 5) is 16.1. The third kappa shape index (κ3) is 12.1. The van der Waals surface area contributed by atoms with E-state index in [1.807, 2.05) is 20.1 Å². The molecule has 0 aromatic carbocycles. The Morgan fingerprint density at radius 3 is 1.45 bits per heavy atom. The maximum absolute atomic E-state index is 5.57. The van der Waals surface area contributed by atoms with Crippen molar-refractivity contribution in [1.29, 1.82) is 0 Å². The fourth-order valence-corrected chi connectivity index (χ4v) is 5.97. The van der Waals surface area contributed by atoms with Crippen LogP contribution in [0, 0.1) is 0 Å². The number of hydrogen-bond donors (Lipinski definition) is 0. The molecule has 0 atom stereocenters. The zero-order chi connectivity index (χ0) is 34.5. The fraction of sp³-hybridized carbons (Fsp3) is 0.784. The standard InChI is InChI=1S/2C12H20N2O.C11H19N3O.C2H6/c1-9(2)11-8-15-12(13-11)10-4-6-14(3)7-5-10;1-9(2)11-8-12(15-13-11)10-4-6-14(3)7-5-10;1-8(2)10-12-11(15-13-10)9-4-6-14(3)7-5-9;1-2/h2*8-10H,4-7H2,1-3H3;8-9H,4-7H2,1-3H3;1-2H3. The topological polar surface area (TPSA) is 101 Å². The Bertz CT molecular complexity index is 1090. The molecular formula is C37H65N7O3. The third-order valence-corrected chi connectivity index (χ3v) is 9.50. The van der Waals surface area contributed by atoms with E-state index in [1.54, 1.807) is 0 Å². The summed E-state index contributed by atoms with van der Waals surface area (Å²) < 4.78 is 16.3. The molecule has 0 saturated carbocycles. The Kier molecular flexibility index (Phi) is 16.1. The van der Waals surface area contributed by atoms with Gasteiger partial charge in [0, 0.05) is 29.7 Å². The number of piperidine rings is 3. The third-order valence-electron chi connectivity index (χ3n) is 9.50. The van der Waals surface area contributed by atoms with E-state index in [1.165, 1.54) is 38.8 Å². The van der Waals surface area contributed by atoms with Gasteiger partial charge in [-0.2, -0.15) is 4.98 Å². The molecule has 0 spiro atoms. The summed E-state index contributed by atoms with van der Waals surface area (Å²) in [6.07, 6.45) is 8.83. The Hall–Kier alpha value is -2.56. The van der Waals surface area contributed by atoms with Gasteiger partial charge in [-0.15, -0.1) is 0 Å². The van der Waals surface area contributed by atoms with Crippen molar-refractivity contribution < 1.29 is 13.5 Å². The Morgan fingerprint density at radius 2 is 1.04 bits per heavy atom. The van der Waals surface area contributed by atoms with E-state index in [-0.39, 0.29) is 0 Å². The van der Waals surface area contributed by atoms with Crippen LogP contribution in [0.25, 0.3) is 0 Å². The predicted octanol–water partition coefficient (Wildman–Crippen LogP) is 8.24. The van der Waals surface area contributed by atoms with Crippen LogP contribution in [0.4, 0.5) is 0 Å². The summed E-state index contributed by atoms with van der Waals surface area (Å²) in [5, 5.41) is 8.13. The molecule has 0 aliphatic carbocycles. The molecule has 3 aromatic heterocycles. The minimum atomic E-state index is 0.355. The van der Waals surface area contributed by atoms with Gasteiger partial charge in [-0.1, -0.05) is 65.7 Å². The maximum atomic E-state index is 5.57. The molecule has 0 bridgehead atoms. The Labute approximate surface area is 285 Å². The molecule has 10 nitrogen and oxygen atoms in total. The fourth-order valence-electron chi connectivity index (χ4n) is 5.97.